The smallest absolute Gasteiger partial charge is 0.356 e. The second-order valence-electron chi connectivity index (χ2n) is 5.93. The number of benzene rings is 1. The van der Waals surface area contributed by atoms with Crippen molar-refractivity contribution in [2.45, 2.75) is 19.0 Å². The number of piperidine rings is 1. The van der Waals surface area contributed by atoms with E-state index in [9.17, 15) is 13.2 Å². The van der Waals surface area contributed by atoms with Gasteiger partial charge in [-0.1, -0.05) is 11.9 Å². The van der Waals surface area contributed by atoms with Crippen molar-refractivity contribution < 1.29 is 13.2 Å². The van der Waals surface area contributed by atoms with E-state index in [1.54, 1.807) is 11.9 Å². The molecule has 24 heavy (non-hydrogen) atoms. The van der Waals surface area contributed by atoms with Crippen LogP contribution in [0.4, 0.5) is 19.0 Å². The number of aromatic nitrogens is 2. The Balaban J connectivity index is 1.93. The van der Waals surface area contributed by atoms with E-state index >= 15 is 0 Å². The van der Waals surface area contributed by atoms with Gasteiger partial charge in [0, 0.05) is 25.0 Å². The van der Waals surface area contributed by atoms with Gasteiger partial charge in [-0.05, 0) is 43.2 Å². The molecule has 130 valence electrons. The third-order valence-electron chi connectivity index (χ3n) is 4.28. The molecule has 1 aromatic heterocycles. The fourth-order valence-electron chi connectivity index (χ4n) is 3.10. The van der Waals surface area contributed by atoms with Crippen molar-refractivity contribution in [2.24, 2.45) is 5.92 Å². The van der Waals surface area contributed by atoms with Crippen molar-refractivity contribution in [3.63, 3.8) is 0 Å². The lowest BCUT2D eigenvalue weighted by Gasteiger charge is -2.34. The Bertz CT molecular complexity index is 707. The average molecular weight is 356 g/mol. The lowest BCUT2D eigenvalue weighted by molar-refractivity contribution is -0.137. The number of alkyl halides is 3. The average Bonchev–Trinajstić information content (AvgIpc) is 2.58. The third kappa shape index (κ3) is 3.75. The number of anilines is 1. The highest BCUT2D eigenvalue weighted by Gasteiger charge is 2.31. The predicted octanol–water partition coefficient (Wildman–Crippen LogP) is 3.73. The molecule has 1 saturated heterocycles. The minimum Gasteiger partial charge on any atom is -0.356 e. The highest BCUT2D eigenvalue weighted by atomic mass is 32.2. The second-order valence-corrected chi connectivity index (χ2v) is 6.63. The summed E-state index contributed by atoms with van der Waals surface area (Å²) in [7, 11) is 0. The lowest BCUT2D eigenvalue weighted by Crippen LogP contribution is -2.39. The second kappa shape index (κ2) is 7.14. The van der Waals surface area contributed by atoms with E-state index in [1.165, 1.54) is 12.4 Å². The summed E-state index contributed by atoms with van der Waals surface area (Å²) in [6, 6.07) is 3.65. The van der Waals surface area contributed by atoms with Gasteiger partial charge in [0.1, 0.15) is 12.1 Å². The highest BCUT2D eigenvalue weighted by Crippen LogP contribution is 2.34. The van der Waals surface area contributed by atoms with E-state index in [-0.39, 0.29) is 0 Å². The van der Waals surface area contributed by atoms with Crippen LogP contribution in [0.3, 0.4) is 0 Å². The molecular formula is C16H19F3N4S. The SMILES string of the molecule is CSNCC1CCCN(c2ncnc3ccc(C(F)(F)F)cc23)C1. The van der Waals surface area contributed by atoms with E-state index in [4.69, 9.17) is 0 Å². The van der Waals surface area contributed by atoms with E-state index in [0.29, 0.717) is 22.6 Å². The number of hydrogen-bond acceptors (Lipinski definition) is 5. The number of fused-ring (bicyclic) bond motifs is 1. The Morgan fingerprint density at radius 1 is 1.33 bits per heavy atom. The first-order valence-electron chi connectivity index (χ1n) is 7.82. The minimum atomic E-state index is -4.37. The molecular weight excluding hydrogens is 337 g/mol. The molecule has 4 nitrogen and oxygen atoms in total. The molecule has 0 bridgehead atoms. The maximum absolute atomic E-state index is 13.0. The standard InChI is InChI=1S/C16H19F3N4S/c1-24-22-8-11-3-2-6-23(9-11)15-13-7-12(16(17,18)19)4-5-14(13)20-10-21-15/h4-5,7,10-11,22H,2-3,6,8-9H2,1H3. The van der Waals surface area contributed by atoms with Crippen LogP contribution < -0.4 is 9.62 Å². The molecule has 1 fully saturated rings. The van der Waals surface area contributed by atoms with Crippen molar-refractivity contribution in [3.8, 4) is 0 Å². The van der Waals surface area contributed by atoms with Gasteiger partial charge >= 0.3 is 6.18 Å². The quantitative estimate of drug-likeness (QED) is 0.846. The third-order valence-corrected chi connectivity index (χ3v) is 4.73. The van der Waals surface area contributed by atoms with Gasteiger partial charge in [0.05, 0.1) is 11.1 Å². The largest absolute Gasteiger partial charge is 0.416 e. The van der Waals surface area contributed by atoms with Crippen LogP contribution >= 0.6 is 11.9 Å². The van der Waals surface area contributed by atoms with Crippen molar-refractivity contribution in [1.82, 2.24) is 14.7 Å². The number of nitrogens with one attached hydrogen (secondary N) is 1. The Morgan fingerprint density at radius 2 is 2.17 bits per heavy atom. The minimum absolute atomic E-state index is 0.460. The number of nitrogens with zero attached hydrogens (tertiary/aromatic N) is 3. The van der Waals surface area contributed by atoms with Crippen LogP contribution in [0.1, 0.15) is 18.4 Å². The van der Waals surface area contributed by atoms with E-state index in [0.717, 1.165) is 44.6 Å². The Labute approximate surface area is 143 Å². The molecule has 1 aliphatic heterocycles. The van der Waals surface area contributed by atoms with Gasteiger partial charge in [0.2, 0.25) is 0 Å². The summed E-state index contributed by atoms with van der Waals surface area (Å²) in [6.45, 7) is 2.47. The molecule has 1 aromatic carbocycles. The molecule has 0 spiro atoms. The van der Waals surface area contributed by atoms with Gasteiger partial charge < -0.3 is 4.90 Å². The summed E-state index contributed by atoms with van der Waals surface area (Å²) in [5, 5.41) is 0.464. The highest BCUT2D eigenvalue weighted by molar-refractivity contribution is 7.96. The zero-order valence-corrected chi connectivity index (χ0v) is 14.1. The molecule has 2 aromatic rings. The van der Waals surface area contributed by atoms with Gasteiger partial charge in [-0.3, -0.25) is 4.72 Å². The number of halogens is 3. The molecule has 1 unspecified atom stereocenters. The van der Waals surface area contributed by atoms with E-state index < -0.39 is 11.7 Å². The molecule has 0 radical (unpaired) electrons. The summed E-state index contributed by atoms with van der Waals surface area (Å²) in [6.07, 6.45) is 1.16. The Hall–Kier alpha value is -1.54. The summed E-state index contributed by atoms with van der Waals surface area (Å²) < 4.78 is 42.3. The maximum atomic E-state index is 13.0. The van der Waals surface area contributed by atoms with Crippen LogP contribution in [0.5, 0.6) is 0 Å². The first-order valence-corrected chi connectivity index (χ1v) is 9.04. The molecule has 2 heterocycles. The molecule has 3 rings (SSSR count). The molecule has 8 heteroatoms. The molecule has 0 amide bonds. The summed E-state index contributed by atoms with van der Waals surface area (Å²) in [5.41, 5.74) is -0.124. The first-order chi connectivity index (χ1) is 11.5. The van der Waals surface area contributed by atoms with E-state index in [2.05, 4.69) is 19.6 Å². The van der Waals surface area contributed by atoms with Gasteiger partial charge in [0.15, 0.2) is 0 Å². The zero-order chi connectivity index (χ0) is 17.2. The molecule has 0 aliphatic carbocycles. The first kappa shape index (κ1) is 17.3. The van der Waals surface area contributed by atoms with Gasteiger partial charge in [-0.2, -0.15) is 13.2 Å². The Kier molecular flexibility index (Phi) is 5.15. The molecule has 0 saturated carbocycles. The Morgan fingerprint density at radius 3 is 2.92 bits per heavy atom. The summed E-state index contributed by atoms with van der Waals surface area (Å²) in [5.74, 6) is 1.06. The van der Waals surface area contributed by atoms with Crippen LogP contribution in [-0.2, 0) is 6.18 Å². The van der Waals surface area contributed by atoms with Crippen molar-refractivity contribution >= 4 is 28.7 Å². The van der Waals surface area contributed by atoms with Crippen LogP contribution in [-0.4, -0.2) is 35.9 Å². The van der Waals surface area contributed by atoms with Crippen molar-refractivity contribution in [1.29, 1.82) is 0 Å². The monoisotopic (exact) mass is 356 g/mol. The fraction of sp³-hybridized carbons (Fsp3) is 0.500. The van der Waals surface area contributed by atoms with Gasteiger partial charge in [-0.25, -0.2) is 9.97 Å². The topological polar surface area (TPSA) is 41.0 Å². The molecule has 1 aliphatic rings. The lowest BCUT2D eigenvalue weighted by atomic mass is 9.98. The fourth-order valence-corrected chi connectivity index (χ4v) is 3.50. The zero-order valence-electron chi connectivity index (χ0n) is 13.3. The van der Waals surface area contributed by atoms with E-state index in [1.807, 2.05) is 6.26 Å². The maximum Gasteiger partial charge on any atom is 0.416 e. The molecule has 1 N–H and O–H groups in total. The van der Waals surface area contributed by atoms with Crippen LogP contribution in [0.25, 0.3) is 10.9 Å². The van der Waals surface area contributed by atoms with Crippen LogP contribution in [0, 0.1) is 5.92 Å². The predicted molar refractivity (Wildman–Crippen MR) is 91.0 cm³/mol. The number of rotatable bonds is 4. The van der Waals surface area contributed by atoms with Crippen LogP contribution in [0.2, 0.25) is 0 Å². The summed E-state index contributed by atoms with van der Waals surface area (Å²) in [4.78, 5) is 10.5. The van der Waals surface area contributed by atoms with Crippen LogP contribution in [0.15, 0.2) is 24.5 Å². The molecule has 1 atom stereocenters. The van der Waals surface area contributed by atoms with Gasteiger partial charge in [-0.15, -0.1) is 0 Å². The normalized spacial score (nSPS) is 19.0. The van der Waals surface area contributed by atoms with Crippen molar-refractivity contribution in [2.75, 3.05) is 30.8 Å². The van der Waals surface area contributed by atoms with Gasteiger partial charge in [0.25, 0.3) is 0 Å². The van der Waals surface area contributed by atoms with Crippen molar-refractivity contribution in [3.05, 3.63) is 30.1 Å². The summed E-state index contributed by atoms with van der Waals surface area (Å²) >= 11 is 1.58. The number of hydrogen-bond donors (Lipinski definition) is 1.